The third-order valence-electron chi connectivity index (χ3n) is 1.72. The molecule has 0 saturated carbocycles. The summed E-state index contributed by atoms with van der Waals surface area (Å²) in [5.74, 6) is -1.92. The maximum atomic E-state index is 11.3. The van der Waals surface area contributed by atoms with E-state index in [0.29, 0.717) is 0 Å². The minimum atomic E-state index is -1.32. The van der Waals surface area contributed by atoms with Gasteiger partial charge in [0.25, 0.3) is 0 Å². The summed E-state index contributed by atoms with van der Waals surface area (Å²) in [4.78, 5) is 26.9. The molecule has 0 atom stereocenters. The van der Waals surface area contributed by atoms with Crippen molar-refractivity contribution in [2.75, 3.05) is 6.61 Å². The Morgan fingerprint density at radius 2 is 2.11 bits per heavy atom. The van der Waals surface area contributed by atoms with Crippen LogP contribution in [0.2, 0.25) is 0 Å². The summed E-state index contributed by atoms with van der Waals surface area (Å²) >= 11 is 0. The van der Waals surface area contributed by atoms with Crippen LogP contribution in [-0.4, -0.2) is 35.0 Å². The lowest BCUT2D eigenvalue weighted by atomic mass is 10.2. The van der Waals surface area contributed by atoms with E-state index in [1.54, 1.807) is 20.8 Å². The number of hydrogen-bond donors (Lipinski definition) is 1. The van der Waals surface area contributed by atoms with E-state index >= 15 is 0 Å². The molecule has 0 saturated heterocycles. The summed E-state index contributed by atoms with van der Waals surface area (Å²) in [6.45, 7) is 4.65. The van der Waals surface area contributed by atoms with Gasteiger partial charge in [0.2, 0.25) is 12.3 Å². The van der Waals surface area contributed by atoms with Gasteiger partial charge in [-0.3, -0.25) is 0 Å². The molecule has 0 aliphatic carbocycles. The molecule has 0 fully saturated rings. The third kappa shape index (κ3) is 5.24. The highest BCUT2D eigenvalue weighted by Crippen LogP contribution is 2.07. The van der Waals surface area contributed by atoms with E-state index in [9.17, 15) is 9.59 Å². The second-order valence-corrected chi connectivity index (χ2v) is 4.58. The van der Waals surface area contributed by atoms with Crippen molar-refractivity contribution >= 4 is 17.7 Å². The quantitative estimate of drug-likeness (QED) is 0.493. The Morgan fingerprint density at radius 1 is 1.42 bits per heavy atom. The molecule has 7 heteroatoms. The zero-order chi connectivity index (χ0) is 14.5. The Kier molecular flexibility index (Phi) is 4.68. The van der Waals surface area contributed by atoms with Gasteiger partial charge in [-0.2, -0.15) is 0 Å². The van der Waals surface area contributed by atoms with Gasteiger partial charge in [-0.1, -0.05) is 5.16 Å². The van der Waals surface area contributed by atoms with Gasteiger partial charge < -0.3 is 19.1 Å². The summed E-state index contributed by atoms with van der Waals surface area (Å²) in [6, 6.07) is 2.94. The normalized spacial score (nSPS) is 12.1. The topological polar surface area (TPSA) is 98.3 Å². The SMILES string of the molecule is CC(C)(C)OC(=O)CO/N=C(\C(=O)O)c1ccco1. The number of ether oxygens (including phenoxy) is 1. The Labute approximate surface area is 109 Å². The largest absolute Gasteiger partial charge is 0.476 e. The molecule has 19 heavy (non-hydrogen) atoms. The number of oxime groups is 1. The van der Waals surface area contributed by atoms with Crippen LogP contribution < -0.4 is 0 Å². The number of esters is 1. The van der Waals surface area contributed by atoms with Crippen LogP contribution in [0.25, 0.3) is 0 Å². The fourth-order valence-corrected chi connectivity index (χ4v) is 1.12. The van der Waals surface area contributed by atoms with E-state index in [4.69, 9.17) is 14.3 Å². The summed E-state index contributed by atoms with van der Waals surface area (Å²) < 4.78 is 9.85. The van der Waals surface area contributed by atoms with Gasteiger partial charge in [-0.15, -0.1) is 0 Å². The number of carboxylic acids is 1. The van der Waals surface area contributed by atoms with Gasteiger partial charge in [0.1, 0.15) is 5.60 Å². The van der Waals surface area contributed by atoms with Gasteiger partial charge in [-0.25, -0.2) is 9.59 Å². The maximum absolute atomic E-state index is 11.3. The number of carbonyl (C=O) groups is 2. The van der Waals surface area contributed by atoms with Crippen molar-refractivity contribution in [2.24, 2.45) is 5.16 Å². The monoisotopic (exact) mass is 269 g/mol. The zero-order valence-electron chi connectivity index (χ0n) is 10.9. The predicted molar refractivity (Wildman–Crippen MR) is 64.7 cm³/mol. The summed E-state index contributed by atoms with van der Waals surface area (Å²) in [5.41, 5.74) is -1.06. The lowest BCUT2D eigenvalue weighted by Crippen LogP contribution is -2.26. The highest BCUT2D eigenvalue weighted by atomic mass is 16.7. The molecule has 0 amide bonds. The molecule has 1 heterocycles. The summed E-state index contributed by atoms with van der Waals surface area (Å²) in [7, 11) is 0. The van der Waals surface area contributed by atoms with E-state index in [0.717, 1.165) is 0 Å². The average molecular weight is 269 g/mol. The van der Waals surface area contributed by atoms with E-state index in [-0.39, 0.29) is 5.76 Å². The molecule has 1 aromatic rings. The first-order valence-corrected chi connectivity index (χ1v) is 5.48. The van der Waals surface area contributed by atoms with E-state index in [2.05, 4.69) is 9.99 Å². The van der Waals surface area contributed by atoms with E-state index in [1.807, 2.05) is 0 Å². The van der Waals surface area contributed by atoms with Crippen LogP contribution >= 0.6 is 0 Å². The van der Waals surface area contributed by atoms with Crippen LogP contribution in [0, 0.1) is 0 Å². The number of aliphatic carboxylic acids is 1. The smallest absolute Gasteiger partial charge is 0.361 e. The first-order chi connectivity index (χ1) is 8.79. The minimum Gasteiger partial charge on any atom is -0.476 e. The second kappa shape index (κ2) is 6.03. The van der Waals surface area contributed by atoms with E-state index < -0.39 is 29.9 Å². The number of nitrogens with zero attached hydrogens (tertiary/aromatic N) is 1. The molecule has 0 aliphatic heterocycles. The predicted octanol–water partition coefficient (Wildman–Crippen LogP) is 1.43. The van der Waals surface area contributed by atoms with Gasteiger partial charge in [0, 0.05) is 0 Å². The maximum Gasteiger partial charge on any atom is 0.361 e. The first-order valence-electron chi connectivity index (χ1n) is 5.48. The molecule has 104 valence electrons. The molecular formula is C12H15NO6. The van der Waals surface area contributed by atoms with Crippen LogP contribution in [0.3, 0.4) is 0 Å². The zero-order valence-corrected chi connectivity index (χ0v) is 10.9. The second-order valence-electron chi connectivity index (χ2n) is 4.58. The van der Waals surface area contributed by atoms with Crippen molar-refractivity contribution < 1.29 is 28.7 Å². The van der Waals surface area contributed by atoms with Crippen molar-refractivity contribution in [1.82, 2.24) is 0 Å². The van der Waals surface area contributed by atoms with E-state index in [1.165, 1.54) is 18.4 Å². The molecule has 1 N–H and O–H groups in total. The fourth-order valence-electron chi connectivity index (χ4n) is 1.12. The number of furan rings is 1. The van der Waals surface area contributed by atoms with Crippen molar-refractivity contribution in [3.8, 4) is 0 Å². The minimum absolute atomic E-state index is 0.0386. The van der Waals surface area contributed by atoms with Crippen molar-refractivity contribution in [1.29, 1.82) is 0 Å². The summed E-state index contributed by atoms with van der Waals surface area (Å²) in [6.07, 6.45) is 1.31. The Bertz CT molecular complexity index is 469. The fraction of sp³-hybridized carbons (Fsp3) is 0.417. The Morgan fingerprint density at radius 3 is 2.58 bits per heavy atom. The molecule has 0 bridgehead atoms. The van der Waals surface area contributed by atoms with Crippen LogP contribution in [-0.2, 0) is 19.2 Å². The van der Waals surface area contributed by atoms with Crippen LogP contribution in [0.1, 0.15) is 26.5 Å². The molecule has 0 aliphatic rings. The molecule has 1 aromatic heterocycles. The highest BCUT2D eigenvalue weighted by molar-refractivity contribution is 6.41. The number of hydrogen-bond acceptors (Lipinski definition) is 6. The lowest BCUT2D eigenvalue weighted by Gasteiger charge is -2.18. The van der Waals surface area contributed by atoms with Gasteiger partial charge in [0.05, 0.1) is 6.26 Å². The third-order valence-corrected chi connectivity index (χ3v) is 1.72. The van der Waals surface area contributed by atoms with Gasteiger partial charge in [0.15, 0.2) is 5.76 Å². The molecule has 0 spiro atoms. The lowest BCUT2D eigenvalue weighted by molar-refractivity contribution is -0.160. The molecule has 0 radical (unpaired) electrons. The molecular weight excluding hydrogens is 254 g/mol. The number of carbonyl (C=O) groups excluding carboxylic acids is 1. The highest BCUT2D eigenvalue weighted by Gasteiger charge is 2.19. The average Bonchev–Trinajstić information content (AvgIpc) is 2.74. The Balaban J connectivity index is 2.59. The van der Waals surface area contributed by atoms with Gasteiger partial charge >= 0.3 is 11.9 Å². The van der Waals surface area contributed by atoms with Gasteiger partial charge in [-0.05, 0) is 32.9 Å². The standard InChI is InChI=1S/C12H15NO6/c1-12(2,3)19-9(14)7-18-13-10(11(15)16)8-5-4-6-17-8/h4-6H,7H2,1-3H3,(H,15,16)/b13-10-. The van der Waals surface area contributed by atoms with Crippen molar-refractivity contribution in [3.63, 3.8) is 0 Å². The number of carboxylic acid groups (broad SMARTS) is 1. The molecule has 0 unspecified atom stereocenters. The van der Waals surface area contributed by atoms with Crippen LogP contribution in [0.15, 0.2) is 28.0 Å². The van der Waals surface area contributed by atoms with Crippen LogP contribution in [0.5, 0.6) is 0 Å². The number of rotatable bonds is 5. The first kappa shape index (κ1) is 14.7. The van der Waals surface area contributed by atoms with Crippen molar-refractivity contribution in [3.05, 3.63) is 24.2 Å². The molecule has 7 nitrogen and oxygen atoms in total. The Hall–Kier alpha value is -2.31. The summed E-state index contributed by atoms with van der Waals surface area (Å²) in [5, 5.41) is 12.3. The molecule has 0 aromatic carbocycles. The van der Waals surface area contributed by atoms with Crippen molar-refractivity contribution in [2.45, 2.75) is 26.4 Å². The van der Waals surface area contributed by atoms with Crippen LogP contribution in [0.4, 0.5) is 0 Å². The molecule has 1 rings (SSSR count).